The molecule has 0 atom stereocenters. The number of hydrogen-bond acceptors (Lipinski definition) is 2. The first-order valence-electron chi connectivity index (χ1n) is 6.00. The van der Waals surface area contributed by atoms with Crippen LogP contribution in [-0.2, 0) is 13.0 Å². The number of aliphatic hydroxyl groups is 1. The molecule has 0 fully saturated rings. The molecule has 2 rings (SSSR count). The van der Waals surface area contributed by atoms with Gasteiger partial charge in [0.2, 0.25) is 0 Å². The van der Waals surface area contributed by atoms with E-state index in [0.29, 0.717) is 6.42 Å². The van der Waals surface area contributed by atoms with Gasteiger partial charge in [-0.05, 0) is 43.5 Å². The molecular weight excluding hydrogens is 292 g/mol. The van der Waals surface area contributed by atoms with E-state index in [1.165, 1.54) is 5.56 Å². The van der Waals surface area contributed by atoms with E-state index in [-0.39, 0.29) is 6.61 Å². The summed E-state index contributed by atoms with van der Waals surface area (Å²) in [7, 11) is 0. The molecule has 0 bridgehead atoms. The number of hydrogen-bond donors (Lipinski definition) is 1. The Kier molecular flexibility index (Phi) is 4.19. The Hall–Kier alpha value is -1.13. The molecule has 0 spiro atoms. The summed E-state index contributed by atoms with van der Waals surface area (Å²) in [6.07, 6.45) is 0.679. The van der Waals surface area contributed by atoms with E-state index < -0.39 is 0 Å². The van der Waals surface area contributed by atoms with Crippen LogP contribution in [-0.4, -0.2) is 21.5 Å². The first kappa shape index (κ1) is 13.3. The van der Waals surface area contributed by atoms with Crippen LogP contribution < -0.4 is 0 Å². The zero-order valence-corrected chi connectivity index (χ0v) is 12.2. The number of aryl methyl sites for hydroxylation is 1. The van der Waals surface area contributed by atoms with Gasteiger partial charge >= 0.3 is 0 Å². The third kappa shape index (κ3) is 2.82. The van der Waals surface area contributed by atoms with Gasteiger partial charge in [0.25, 0.3) is 0 Å². The van der Waals surface area contributed by atoms with E-state index in [9.17, 15) is 0 Å². The van der Waals surface area contributed by atoms with Crippen molar-refractivity contribution < 1.29 is 5.11 Å². The minimum atomic E-state index is 0.172. The van der Waals surface area contributed by atoms with Gasteiger partial charge in [-0.1, -0.05) is 28.1 Å². The largest absolute Gasteiger partial charge is 0.396 e. The summed E-state index contributed by atoms with van der Waals surface area (Å²) in [6.45, 7) is 5.00. The van der Waals surface area contributed by atoms with Crippen molar-refractivity contribution in [2.75, 3.05) is 6.61 Å². The summed E-state index contributed by atoms with van der Waals surface area (Å²) in [4.78, 5) is 0. The molecule has 3 nitrogen and oxygen atoms in total. The van der Waals surface area contributed by atoms with Gasteiger partial charge in [-0.2, -0.15) is 5.10 Å². The summed E-state index contributed by atoms with van der Waals surface area (Å²) >= 11 is 3.43. The Labute approximate surface area is 116 Å². The van der Waals surface area contributed by atoms with Crippen molar-refractivity contribution in [3.63, 3.8) is 0 Å². The molecule has 96 valence electrons. The topological polar surface area (TPSA) is 38.0 Å². The summed E-state index contributed by atoms with van der Waals surface area (Å²) in [5.41, 5.74) is 4.54. The quantitative estimate of drug-likeness (QED) is 0.943. The summed E-state index contributed by atoms with van der Waals surface area (Å²) < 4.78 is 3.09. The first-order valence-corrected chi connectivity index (χ1v) is 6.79. The lowest BCUT2D eigenvalue weighted by Crippen LogP contribution is -2.04. The lowest BCUT2D eigenvalue weighted by molar-refractivity contribution is 0.299. The van der Waals surface area contributed by atoms with Crippen LogP contribution in [0.2, 0.25) is 0 Å². The lowest BCUT2D eigenvalue weighted by atomic mass is 10.1. The number of rotatable bonds is 4. The highest BCUT2D eigenvalue weighted by Gasteiger charge is 2.10. The van der Waals surface area contributed by atoms with E-state index in [2.05, 4.69) is 40.1 Å². The minimum Gasteiger partial charge on any atom is -0.396 e. The molecule has 0 unspecified atom stereocenters. The fourth-order valence-electron chi connectivity index (χ4n) is 2.12. The van der Waals surface area contributed by atoms with E-state index in [0.717, 1.165) is 28.0 Å². The van der Waals surface area contributed by atoms with Crippen LogP contribution in [0, 0.1) is 13.8 Å². The summed E-state index contributed by atoms with van der Waals surface area (Å²) in [5.74, 6) is 0. The van der Waals surface area contributed by atoms with Gasteiger partial charge < -0.3 is 5.11 Å². The van der Waals surface area contributed by atoms with Crippen LogP contribution in [0.4, 0.5) is 0 Å². The average molecular weight is 309 g/mol. The maximum Gasteiger partial charge on any atom is 0.0662 e. The predicted octanol–water partition coefficient (Wildman–Crippen LogP) is 2.85. The molecule has 0 aliphatic heterocycles. The highest BCUT2D eigenvalue weighted by molar-refractivity contribution is 9.10. The van der Waals surface area contributed by atoms with E-state index in [1.54, 1.807) is 0 Å². The molecule has 0 saturated heterocycles. The number of aliphatic hydroxyl groups excluding tert-OH is 1. The van der Waals surface area contributed by atoms with Crippen molar-refractivity contribution in [2.24, 2.45) is 0 Å². The van der Waals surface area contributed by atoms with Gasteiger partial charge in [0.15, 0.2) is 0 Å². The average Bonchev–Trinajstić information content (AvgIpc) is 2.60. The van der Waals surface area contributed by atoms with Gasteiger partial charge in [-0.25, -0.2) is 0 Å². The van der Waals surface area contributed by atoms with Crippen LogP contribution in [0.5, 0.6) is 0 Å². The standard InChI is InChI=1S/C14H17BrN2O/c1-10-14(7-8-18)11(2)17(16-10)9-12-3-5-13(15)6-4-12/h3-6,18H,7-9H2,1-2H3. The molecule has 1 aromatic carbocycles. The normalized spacial score (nSPS) is 10.9. The molecule has 0 amide bonds. The second kappa shape index (κ2) is 5.67. The number of aromatic nitrogens is 2. The maximum atomic E-state index is 9.06. The highest BCUT2D eigenvalue weighted by Crippen LogP contribution is 2.16. The highest BCUT2D eigenvalue weighted by atomic mass is 79.9. The molecule has 1 N–H and O–H groups in total. The number of halogens is 1. The zero-order chi connectivity index (χ0) is 13.1. The molecule has 1 heterocycles. The van der Waals surface area contributed by atoms with Gasteiger partial charge in [-0.15, -0.1) is 0 Å². The number of benzene rings is 1. The van der Waals surface area contributed by atoms with Crippen molar-refractivity contribution >= 4 is 15.9 Å². The molecule has 1 aromatic heterocycles. The van der Waals surface area contributed by atoms with E-state index >= 15 is 0 Å². The molecule has 0 aliphatic carbocycles. The van der Waals surface area contributed by atoms with Crippen LogP contribution >= 0.6 is 15.9 Å². The zero-order valence-electron chi connectivity index (χ0n) is 10.7. The summed E-state index contributed by atoms with van der Waals surface area (Å²) in [5, 5.41) is 13.6. The smallest absolute Gasteiger partial charge is 0.0662 e. The third-order valence-corrected chi connectivity index (χ3v) is 3.67. The number of nitrogens with zero attached hydrogens (tertiary/aromatic N) is 2. The van der Waals surface area contributed by atoms with Crippen molar-refractivity contribution in [3.8, 4) is 0 Å². The fraction of sp³-hybridized carbons (Fsp3) is 0.357. The maximum absolute atomic E-state index is 9.06. The van der Waals surface area contributed by atoms with Gasteiger partial charge in [-0.3, -0.25) is 4.68 Å². The van der Waals surface area contributed by atoms with E-state index in [1.807, 2.05) is 23.7 Å². The monoisotopic (exact) mass is 308 g/mol. The molecule has 18 heavy (non-hydrogen) atoms. The van der Waals surface area contributed by atoms with Crippen molar-refractivity contribution in [1.82, 2.24) is 9.78 Å². The van der Waals surface area contributed by atoms with Crippen molar-refractivity contribution in [3.05, 3.63) is 51.3 Å². The Morgan fingerprint density at radius 2 is 1.89 bits per heavy atom. The second-order valence-electron chi connectivity index (χ2n) is 4.41. The molecule has 0 radical (unpaired) electrons. The molecule has 2 aromatic rings. The Morgan fingerprint density at radius 3 is 2.50 bits per heavy atom. The molecule has 4 heteroatoms. The van der Waals surface area contributed by atoms with Crippen molar-refractivity contribution in [2.45, 2.75) is 26.8 Å². The van der Waals surface area contributed by atoms with Gasteiger partial charge in [0, 0.05) is 16.8 Å². The fourth-order valence-corrected chi connectivity index (χ4v) is 2.39. The Morgan fingerprint density at radius 1 is 1.22 bits per heavy atom. The van der Waals surface area contributed by atoms with Crippen LogP contribution in [0.25, 0.3) is 0 Å². The Bertz CT molecular complexity index is 531. The van der Waals surface area contributed by atoms with Gasteiger partial charge in [0.1, 0.15) is 0 Å². The van der Waals surface area contributed by atoms with Crippen LogP contribution in [0.15, 0.2) is 28.7 Å². The molecule has 0 aliphatic rings. The second-order valence-corrected chi connectivity index (χ2v) is 5.32. The lowest BCUT2D eigenvalue weighted by Gasteiger charge is -2.05. The SMILES string of the molecule is Cc1nn(Cc2ccc(Br)cc2)c(C)c1CCO. The van der Waals surface area contributed by atoms with Gasteiger partial charge in [0.05, 0.1) is 12.2 Å². The molecular formula is C14H17BrN2O. The Balaban J connectivity index is 2.24. The van der Waals surface area contributed by atoms with Crippen LogP contribution in [0.3, 0.4) is 0 Å². The predicted molar refractivity (Wildman–Crippen MR) is 75.7 cm³/mol. The third-order valence-electron chi connectivity index (χ3n) is 3.14. The first-order chi connectivity index (χ1) is 8.61. The van der Waals surface area contributed by atoms with Crippen molar-refractivity contribution in [1.29, 1.82) is 0 Å². The minimum absolute atomic E-state index is 0.172. The van der Waals surface area contributed by atoms with Crippen LogP contribution in [0.1, 0.15) is 22.5 Å². The van der Waals surface area contributed by atoms with E-state index in [4.69, 9.17) is 5.11 Å². The molecule has 0 saturated carbocycles. The summed E-state index contributed by atoms with van der Waals surface area (Å²) in [6, 6.07) is 8.25.